The fourth-order valence-electron chi connectivity index (χ4n) is 2.28. The average Bonchev–Trinajstić information content (AvgIpc) is 2.57. The fourth-order valence-corrected chi connectivity index (χ4v) is 2.28. The Balaban J connectivity index is 4.15. The third-order valence-corrected chi connectivity index (χ3v) is 3.73. The zero-order valence-electron chi connectivity index (χ0n) is 14.9. The molecular formula is C18H28N2O5. The van der Waals surface area contributed by atoms with Crippen molar-refractivity contribution >= 4 is 6.29 Å². The minimum Gasteiger partial charge on any atom is -0.303 e. The van der Waals surface area contributed by atoms with E-state index < -0.39 is 4.92 Å². The van der Waals surface area contributed by atoms with Crippen LogP contribution < -0.4 is 0 Å². The molecule has 7 nitrogen and oxygen atoms in total. The van der Waals surface area contributed by atoms with Crippen LogP contribution in [0, 0.1) is 20.2 Å². The maximum atomic E-state index is 11.0. The van der Waals surface area contributed by atoms with Gasteiger partial charge in [0.05, 0.1) is 9.85 Å². The first kappa shape index (κ1) is 22.7. The van der Waals surface area contributed by atoms with E-state index in [-0.39, 0.29) is 16.3 Å². The molecule has 0 amide bonds. The van der Waals surface area contributed by atoms with Crippen molar-refractivity contribution in [1.29, 1.82) is 0 Å². The van der Waals surface area contributed by atoms with Crippen molar-refractivity contribution in [3.63, 3.8) is 0 Å². The second-order valence-electron chi connectivity index (χ2n) is 5.67. The number of carbonyl (C=O) groups excluding carboxylic acids is 1. The Labute approximate surface area is 148 Å². The van der Waals surface area contributed by atoms with Crippen LogP contribution in [-0.4, -0.2) is 16.1 Å². The lowest BCUT2D eigenvalue weighted by atomic mass is 10.1. The molecule has 0 aliphatic rings. The molecule has 0 saturated heterocycles. The minimum atomic E-state index is -0.391. The molecule has 140 valence electrons. The van der Waals surface area contributed by atoms with Gasteiger partial charge in [-0.05, 0) is 37.8 Å². The number of hydrogen-bond donors (Lipinski definition) is 0. The van der Waals surface area contributed by atoms with Gasteiger partial charge in [0.25, 0.3) is 0 Å². The molecule has 0 aromatic rings. The lowest BCUT2D eigenvalue weighted by Gasteiger charge is -2.00. The van der Waals surface area contributed by atoms with E-state index in [2.05, 4.69) is 0 Å². The topological polar surface area (TPSA) is 103 Å². The Kier molecular flexibility index (Phi) is 13.8. The van der Waals surface area contributed by atoms with E-state index in [1.54, 1.807) is 31.2 Å². The Morgan fingerprint density at radius 2 is 1.36 bits per heavy atom. The summed E-state index contributed by atoms with van der Waals surface area (Å²) in [5.74, 6) is 0. The summed E-state index contributed by atoms with van der Waals surface area (Å²) in [5.41, 5.74) is 0.395. The van der Waals surface area contributed by atoms with Gasteiger partial charge in [-0.1, -0.05) is 38.3 Å². The van der Waals surface area contributed by atoms with Crippen LogP contribution in [0.3, 0.4) is 0 Å². The fraction of sp³-hybridized carbons (Fsp3) is 0.611. The molecule has 0 saturated carbocycles. The van der Waals surface area contributed by atoms with Crippen LogP contribution in [0.4, 0.5) is 0 Å². The van der Waals surface area contributed by atoms with Crippen LogP contribution in [-0.2, 0) is 4.79 Å². The number of carbonyl (C=O) groups is 1. The summed E-state index contributed by atoms with van der Waals surface area (Å²) in [6.45, 7) is 1.73. The smallest absolute Gasteiger partial charge is 0.242 e. The lowest BCUT2D eigenvalue weighted by Crippen LogP contribution is -1.98. The molecule has 0 aromatic heterocycles. The molecule has 0 N–H and O–H groups in total. The first-order chi connectivity index (χ1) is 12.0. The van der Waals surface area contributed by atoms with Gasteiger partial charge in [-0.3, -0.25) is 20.2 Å². The number of rotatable bonds is 15. The van der Waals surface area contributed by atoms with Gasteiger partial charge >= 0.3 is 0 Å². The first-order valence-corrected chi connectivity index (χ1v) is 8.78. The third-order valence-electron chi connectivity index (χ3n) is 3.73. The summed E-state index contributed by atoms with van der Waals surface area (Å²) < 4.78 is 0. The molecule has 0 bridgehead atoms. The number of nitrogens with zero attached hydrogens (tertiary/aromatic N) is 2. The highest BCUT2D eigenvalue weighted by Crippen LogP contribution is 2.13. The van der Waals surface area contributed by atoms with Crippen molar-refractivity contribution in [2.75, 3.05) is 0 Å². The molecular weight excluding hydrogens is 324 g/mol. The maximum absolute atomic E-state index is 11.0. The molecule has 0 spiro atoms. The van der Waals surface area contributed by atoms with Crippen LogP contribution >= 0.6 is 0 Å². The van der Waals surface area contributed by atoms with Gasteiger partial charge in [-0.2, -0.15) is 0 Å². The number of allylic oxidation sites excluding steroid dienone is 6. The Morgan fingerprint density at radius 3 is 1.88 bits per heavy atom. The standard InChI is InChI=1S/C18H28N2O5/c1-2-17(19(22)23)13-9-6-7-11-15-18(20(24)25)14-10-5-3-4-8-12-16-21/h6-7,13,15-16H,2-5,8-12,14H2,1H3/b7-6+,17-13-,18-15-. The van der Waals surface area contributed by atoms with Crippen LogP contribution in [0.1, 0.15) is 71.1 Å². The number of aldehydes is 1. The van der Waals surface area contributed by atoms with E-state index in [1.165, 1.54) is 0 Å². The van der Waals surface area contributed by atoms with Gasteiger partial charge in [0.15, 0.2) is 0 Å². The molecule has 0 aliphatic heterocycles. The molecule has 0 unspecified atom stereocenters. The molecule has 0 rings (SSSR count). The molecule has 0 aliphatic carbocycles. The highest BCUT2D eigenvalue weighted by atomic mass is 16.6. The van der Waals surface area contributed by atoms with Crippen molar-refractivity contribution in [1.82, 2.24) is 0 Å². The quantitative estimate of drug-likeness (QED) is 0.136. The normalized spacial score (nSPS) is 12.5. The lowest BCUT2D eigenvalue weighted by molar-refractivity contribution is -0.428. The predicted octanol–water partition coefficient (Wildman–Crippen LogP) is 4.98. The van der Waals surface area contributed by atoms with Gasteiger partial charge in [-0.25, -0.2) is 0 Å². The second-order valence-corrected chi connectivity index (χ2v) is 5.67. The van der Waals surface area contributed by atoms with Crippen molar-refractivity contribution in [3.05, 3.63) is 55.9 Å². The second kappa shape index (κ2) is 15.2. The summed E-state index contributed by atoms with van der Waals surface area (Å²) in [7, 11) is 0. The molecule has 0 aromatic carbocycles. The van der Waals surface area contributed by atoms with E-state index in [0.29, 0.717) is 32.1 Å². The van der Waals surface area contributed by atoms with Crippen LogP contribution in [0.5, 0.6) is 0 Å². The zero-order chi connectivity index (χ0) is 18.9. The largest absolute Gasteiger partial charge is 0.303 e. The van der Waals surface area contributed by atoms with Crippen molar-refractivity contribution in [2.24, 2.45) is 0 Å². The van der Waals surface area contributed by atoms with Gasteiger partial charge < -0.3 is 4.79 Å². The van der Waals surface area contributed by atoms with Gasteiger partial charge in [-0.15, -0.1) is 0 Å². The first-order valence-electron chi connectivity index (χ1n) is 8.78. The van der Waals surface area contributed by atoms with Crippen molar-refractivity contribution in [2.45, 2.75) is 71.1 Å². The number of nitro groups is 2. The summed E-state index contributed by atoms with van der Waals surface area (Å²) >= 11 is 0. The summed E-state index contributed by atoms with van der Waals surface area (Å²) in [6.07, 6.45) is 14.5. The van der Waals surface area contributed by atoms with Crippen LogP contribution in [0.15, 0.2) is 35.7 Å². The van der Waals surface area contributed by atoms with E-state index in [1.807, 2.05) is 0 Å². The summed E-state index contributed by atoms with van der Waals surface area (Å²) in [5, 5.41) is 21.6. The van der Waals surface area contributed by atoms with Gasteiger partial charge in [0, 0.05) is 19.3 Å². The number of unbranched alkanes of at least 4 members (excludes halogenated alkanes) is 5. The zero-order valence-corrected chi connectivity index (χ0v) is 14.9. The van der Waals surface area contributed by atoms with Crippen molar-refractivity contribution < 1.29 is 14.6 Å². The minimum absolute atomic E-state index is 0.180. The molecule has 25 heavy (non-hydrogen) atoms. The molecule has 0 fully saturated rings. The molecule has 0 radical (unpaired) electrons. The monoisotopic (exact) mass is 352 g/mol. The van der Waals surface area contributed by atoms with Gasteiger partial charge in [0.2, 0.25) is 11.4 Å². The van der Waals surface area contributed by atoms with Crippen LogP contribution in [0.2, 0.25) is 0 Å². The molecule has 7 heteroatoms. The van der Waals surface area contributed by atoms with Crippen molar-refractivity contribution in [3.8, 4) is 0 Å². The summed E-state index contributed by atoms with van der Waals surface area (Å²) in [6, 6.07) is 0. The summed E-state index contributed by atoms with van der Waals surface area (Å²) in [4.78, 5) is 31.1. The highest BCUT2D eigenvalue weighted by molar-refractivity contribution is 5.48. The third kappa shape index (κ3) is 12.7. The Hall–Kier alpha value is -2.31. The molecule has 0 atom stereocenters. The van der Waals surface area contributed by atoms with Crippen LogP contribution in [0.25, 0.3) is 0 Å². The SMILES string of the molecule is CC/C(=C/C/C=C/C/C=C(/CCCCCCCC=O)[N+](=O)[O-])[N+](=O)[O-]. The van der Waals surface area contributed by atoms with E-state index >= 15 is 0 Å². The highest BCUT2D eigenvalue weighted by Gasteiger charge is 2.08. The predicted molar refractivity (Wildman–Crippen MR) is 97.2 cm³/mol. The van der Waals surface area contributed by atoms with Gasteiger partial charge in [0.1, 0.15) is 6.29 Å². The maximum Gasteiger partial charge on any atom is 0.242 e. The number of hydrogen-bond acceptors (Lipinski definition) is 5. The van der Waals surface area contributed by atoms with E-state index in [9.17, 15) is 25.0 Å². The Morgan fingerprint density at radius 1 is 0.840 bits per heavy atom. The van der Waals surface area contributed by atoms with E-state index in [0.717, 1.165) is 38.4 Å². The Bertz CT molecular complexity index is 510. The molecule has 0 heterocycles. The van der Waals surface area contributed by atoms with E-state index in [4.69, 9.17) is 0 Å². The average molecular weight is 352 g/mol.